The molecular formula is C32H32BrN5O3. The molecule has 2 aromatic heterocycles. The van der Waals surface area contributed by atoms with Gasteiger partial charge in [-0.15, -0.1) is 10.2 Å². The minimum Gasteiger partial charge on any atom is -0.485 e. The molecule has 3 aliphatic rings. The van der Waals surface area contributed by atoms with Gasteiger partial charge in [0.2, 0.25) is 5.91 Å². The standard InChI is InChI=1S/C32H32BrN5O3/c33-25-13-14-27(41-20-29-35-34-28-12-6-7-16-38(28)29)30-24(25)15-17-37(31(39)21-8-2-1-3-9-21)26(30)19-36-18-22-10-4-5-11-23(22)32(36)40/h4-7,10-14,16,21,26H,1-3,8-9,15,17-20H2/t26-/m1/s1. The van der Waals surface area contributed by atoms with Gasteiger partial charge in [0.25, 0.3) is 5.91 Å². The molecule has 41 heavy (non-hydrogen) atoms. The number of nitrogens with zero attached hydrogens (tertiary/aromatic N) is 5. The second kappa shape index (κ2) is 10.9. The van der Waals surface area contributed by atoms with E-state index in [1.807, 2.05) is 75.0 Å². The number of amides is 2. The van der Waals surface area contributed by atoms with Gasteiger partial charge in [-0.2, -0.15) is 0 Å². The maximum Gasteiger partial charge on any atom is 0.254 e. The van der Waals surface area contributed by atoms with E-state index in [2.05, 4.69) is 26.1 Å². The summed E-state index contributed by atoms with van der Waals surface area (Å²) in [6.07, 6.45) is 7.91. The maximum absolute atomic E-state index is 14.1. The van der Waals surface area contributed by atoms with E-state index < -0.39 is 0 Å². The third-order valence-electron chi connectivity index (χ3n) is 8.84. The van der Waals surface area contributed by atoms with Crippen molar-refractivity contribution in [3.8, 4) is 5.75 Å². The number of carbonyl (C=O) groups is 2. The molecule has 8 nitrogen and oxygen atoms in total. The lowest BCUT2D eigenvalue weighted by Crippen LogP contribution is -2.48. The summed E-state index contributed by atoms with van der Waals surface area (Å²) >= 11 is 3.78. The Kier molecular flexibility index (Phi) is 6.98. The summed E-state index contributed by atoms with van der Waals surface area (Å²) in [5.74, 6) is 1.68. The minimum absolute atomic E-state index is 0.0187. The molecule has 0 radical (unpaired) electrons. The van der Waals surface area contributed by atoms with Crippen molar-refractivity contribution in [1.82, 2.24) is 24.4 Å². The second-order valence-electron chi connectivity index (χ2n) is 11.2. The number of rotatable bonds is 6. The van der Waals surface area contributed by atoms with Crippen LogP contribution in [0.4, 0.5) is 0 Å². The topological polar surface area (TPSA) is 80.0 Å². The minimum atomic E-state index is -0.311. The summed E-state index contributed by atoms with van der Waals surface area (Å²) in [6.45, 7) is 1.82. The zero-order chi connectivity index (χ0) is 27.9. The SMILES string of the molecule is O=C1c2ccccc2CN1C[C@@H]1c2c(OCc3nnc4ccccn34)ccc(Br)c2CCN1C(=O)C1CCCCC1. The number of aromatic nitrogens is 3. The van der Waals surface area contributed by atoms with Crippen LogP contribution >= 0.6 is 15.9 Å². The van der Waals surface area contributed by atoms with Crippen molar-refractivity contribution in [3.05, 3.63) is 93.3 Å². The molecule has 1 fully saturated rings. The van der Waals surface area contributed by atoms with E-state index in [0.717, 1.165) is 64.5 Å². The van der Waals surface area contributed by atoms with Crippen LogP contribution in [0.1, 0.15) is 71.0 Å². The molecule has 2 amide bonds. The van der Waals surface area contributed by atoms with Gasteiger partial charge in [-0.3, -0.25) is 14.0 Å². The summed E-state index contributed by atoms with van der Waals surface area (Å²) in [7, 11) is 0. The third-order valence-corrected chi connectivity index (χ3v) is 9.58. The molecule has 1 aliphatic carbocycles. The first-order chi connectivity index (χ1) is 20.1. The fourth-order valence-corrected chi connectivity index (χ4v) is 7.29. The van der Waals surface area contributed by atoms with Crippen molar-refractivity contribution in [3.63, 3.8) is 0 Å². The highest BCUT2D eigenvalue weighted by atomic mass is 79.9. The van der Waals surface area contributed by atoms with E-state index in [9.17, 15) is 9.59 Å². The molecule has 210 valence electrons. The second-order valence-corrected chi connectivity index (χ2v) is 12.1. The fraction of sp³-hybridized carbons (Fsp3) is 0.375. The normalized spacial score (nSPS) is 19.0. The molecular weight excluding hydrogens is 582 g/mol. The molecule has 2 aromatic carbocycles. The molecule has 7 rings (SSSR count). The van der Waals surface area contributed by atoms with Crippen LogP contribution in [0.2, 0.25) is 0 Å². The van der Waals surface area contributed by atoms with Crippen LogP contribution < -0.4 is 4.74 Å². The summed E-state index contributed by atoms with van der Waals surface area (Å²) < 4.78 is 9.40. The molecule has 4 aromatic rings. The monoisotopic (exact) mass is 613 g/mol. The zero-order valence-corrected chi connectivity index (χ0v) is 24.4. The molecule has 1 saturated carbocycles. The highest BCUT2D eigenvalue weighted by molar-refractivity contribution is 9.10. The summed E-state index contributed by atoms with van der Waals surface area (Å²) in [5.41, 5.74) is 4.65. The van der Waals surface area contributed by atoms with Crippen LogP contribution in [0, 0.1) is 5.92 Å². The van der Waals surface area contributed by atoms with Crippen molar-refractivity contribution in [1.29, 1.82) is 0 Å². The Morgan fingerprint density at radius 3 is 2.68 bits per heavy atom. The van der Waals surface area contributed by atoms with Gasteiger partial charge in [0.1, 0.15) is 12.4 Å². The number of fused-ring (bicyclic) bond motifs is 3. The summed E-state index contributed by atoms with van der Waals surface area (Å²) in [6, 6.07) is 17.2. The third kappa shape index (κ3) is 4.80. The van der Waals surface area contributed by atoms with E-state index in [1.165, 1.54) is 6.42 Å². The Bertz CT molecular complexity index is 1630. The van der Waals surface area contributed by atoms with Crippen LogP contribution in [0.15, 0.2) is 65.3 Å². The van der Waals surface area contributed by atoms with E-state index >= 15 is 0 Å². The van der Waals surface area contributed by atoms with E-state index in [1.54, 1.807) is 0 Å². The Hall–Kier alpha value is -3.72. The number of carbonyl (C=O) groups excluding carboxylic acids is 2. The van der Waals surface area contributed by atoms with E-state index in [-0.39, 0.29) is 30.4 Å². The first-order valence-corrected chi connectivity index (χ1v) is 15.3. The quantitative estimate of drug-likeness (QED) is 0.277. The van der Waals surface area contributed by atoms with Gasteiger partial charge in [-0.25, -0.2) is 0 Å². The molecule has 4 heterocycles. The van der Waals surface area contributed by atoms with Crippen LogP contribution in [-0.2, 0) is 24.4 Å². The van der Waals surface area contributed by atoms with Crippen molar-refractivity contribution >= 4 is 33.4 Å². The van der Waals surface area contributed by atoms with Gasteiger partial charge >= 0.3 is 0 Å². The first-order valence-electron chi connectivity index (χ1n) is 14.5. The van der Waals surface area contributed by atoms with Crippen LogP contribution in [-0.4, -0.2) is 49.3 Å². The Morgan fingerprint density at radius 1 is 1.00 bits per heavy atom. The highest BCUT2D eigenvalue weighted by Gasteiger charge is 2.40. The Morgan fingerprint density at radius 2 is 1.83 bits per heavy atom. The predicted octanol–water partition coefficient (Wildman–Crippen LogP) is 5.73. The number of hydrogen-bond acceptors (Lipinski definition) is 5. The molecule has 0 saturated heterocycles. The summed E-state index contributed by atoms with van der Waals surface area (Å²) in [5, 5.41) is 8.60. The number of ether oxygens (including phenoxy) is 1. The fourth-order valence-electron chi connectivity index (χ4n) is 6.75. The van der Waals surface area contributed by atoms with Crippen molar-refractivity contribution < 1.29 is 14.3 Å². The number of hydrogen-bond donors (Lipinski definition) is 0. The van der Waals surface area contributed by atoms with Gasteiger partial charge in [0, 0.05) is 47.3 Å². The average molecular weight is 615 g/mol. The first kappa shape index (κ1) is 26.2. The predicted molar refractivity (Wildman–Crippen MR) is 157 cm³/mol. The smallest absolute Gasteiger partial charge is 0.254 e. The Balaban J connectivity index is 1.25. The largest absolute Gasteiger partial charge is 0.485 e. The summed E-state index contributed by atoms with van der Waals surface area (Å²) in [4.78, 5) is 31.5. The van der Waals surface area contributed by atoms with E-state index in [4.69, 9.17) is 4.74 Å². The van der Waals surface area contributed by atoms with Gasteiger partial charge in [0.15, 0.2) is 11.5 Å². The zero-order valence-electron chi connectivity index (χ0n) is 22.8. The molecule has 0 bridgehead atoms. The van der Waals surface area contributed by atoms with Gasteiger partial charge in [-0.05, 0) is 60.7 Å². The molecule has 9 heteroatoms. The number of pyridine rings is 1. The highest BCUT2D eigenvalue weighted by Crippen LogP contribution is 2.43. The van der Waals surface area contributed by atoms with Crippen molar-refractivity contribution in [2.45, 2.75) is 57.7 Å². The number of benzene rings is 2. The maximum atomic E-state index is 14.1. The number of halogens is 1. The molecule has 0 spiro atoms. The molecule has 1 atom stereocenters. The molecule has 0 N–H and O–H groups in total. The van der Waals surface area contributed by atoms with Crippen LogP contribution in [0.3, 0.4) is 0 Å². The molecule has 0 unspecified atom stereocenters. The lowest BCUT2D eigenvalue weighted by Gasteiger charge is -2.42. The Labute approximate surface area is 247 Å². The van der Waals surface area contributed by atoms with Crippen LogP contribution in [0.5, 0.6) is 5.75 Å². The van der Waals surface area contributed by atoms with Gasteiger partial charge < -0.3 is 14.5 Å². The van der Waals surface area contributed by atoms with Crippen molar-refractivity contribution in [2.24, 2.45) is 5.92 Å². The lowest BCUT2D eigenvalue weighted by molar-refractivity contribution is -0.140. The average Bonchev–Trinajstić information content (AvgIpc) is 3.57. The van der Waals surface area contributed by atoms with Gasteiger partial charge in [-0.1, -0.05) is 59.5 Å². The van der Waals surface area contributed by atoms with Gasteiger partial charge in [0.05, 0.1) is 6.04 Å². The van der Waals surface area contributed by atoms with Crippen LogP contribution in [0.25, 0.3) is 5.65 Å². The lowest BCUT2D eigenvalue weighted by atomic mass is 9.85. The molecule has 2 aliphatic heterocycles. The van der Waals surface area contributed by atoms with Crippen molar-refractivity contribution in [2.75, 3.05) is 13.1 Å². The van der Waals surface area contributed by atoms with E-state index in [0.29, 0.717) is 31.2 Å².